The molecule has 1 aliphatic carbocycles. The molecule has 3 N–H and O–H groups in total. The molecule has 3 unspecified atom stereocenters. The van der Waals surface area contributed by atoms with Crippen molar-refractivity contribution in [2.24, 2.45) is 5.73 Å². The van der Waals surface area contributed by atoms with Gasteiger partial charge >= 0.3 is 0 Å². The number of hydrogen-bond acceptors (Lipinski definition) is 4. The summed E-state index contributed by atoms with van der Waals surface area (Å²) in [6.07, 6.45) is 1.07. The van der Waals surface area contributed by atoms with Crippen LogP contribution in [-0.2, 0) is 4.74 Å². The zero-order valence-electron chi connectivity index (χ0n) is 10.2. The van der Waals surface area contributed by atoms with Gasteiger partial charge in [0.25, 0.3) is 0 Å². The Kier molecular flexibility index (Phi) is 4.23. The summed E-state index contributed by atoms with van der Waals surface area (Å²) in [4.78, 5) is 0. The molecule has 0 aromatic heterocycles. The van der Waals surface area contributed by atoms with E-state index >= 15 is 0 Å². The van der Waals surface area contributed by atoms with E-state index in [2.05, 4.69) is 27.3 Å². The van der Waals surface area contributed by atoms with E-state index in [0.29, 0.717) is 12.2 Å². The van der Waals surface area contributed by atoms with Gasteiger partial charge in [0.05, 0.1) is 17.7 Å². The fourth-order valence-electron chi connectivity index (χ4n) is 2.12. The second-order valence-corrected chi connectivity index (χ2v) is 5.22. The highest BCUT2D eigenvalue weighted by molar-refractivity contribution is 9.10. The average Bonchev–Trinajstić information content (AvgIpc) is 2.36. The molecule has 0 amide bonds. The van der Waals surface area contributed by atoms with Crippen LogP contribution in [-0.4, -0.2) is 24.8 Å². The summed E-state index contributed by atoms with van der Waals surface area (Å²) >= 11 is 3.37. The van der Waals surface area contributed by atoms with Crippen LogP contribution in [0.4, 0.5) is 5.69 Å². The van der Waals surface area contributed by atoms with Gasteiger partial charge in [-0.3, -0.25) is 0 Å². The summed E-state index contributed by atoms with van der Waals surface area (Å²) in [6, 6.07) is 7.95. The van der Waals surface area contributed by atoms with E-state index in [-0.39, 0.29) is 18.2 Å². The summed E-state index contributed by atoms with van der Waals surface area (Å²) in [5.41, 5.74) is 7.55. The lowest BCUT2D eigenvalue weighted by Crippen LogP contribution is -2.60. The van der Waals surface area contributed by atoms with Gasteiger partial charge in [-0.1, -0.05) is 0 Å². The first kappa shape index (κ1) is 13.3. The second kappa shape index (κ2) is 5.70. The average molecular weight is 310 g/mol. The van der Waals surface area contributed by atoms with Crippen LogP contribution in [0.15, 0.2) is 22.7 Å². The van der Waals surface area contributed by atoms with Crippen molar-refractivity contribution >= 4 is 21.6 Å². The monoisotopic (exact) mass is 309 g/mol. The first-order valence-corrected chi connectivity index (χ1v) is 6.78. The van der Waals surface area contributed by atoms with Gasteiger partial charge in [0.15, 0.2) is 0 Å². The molecule has 0 spiro atoms. The number of halogens is 1. The van der Waals surface area contributed by atoms with E-state index in [4.69, 9.17) is 15.7 Å². The molecule has 18 heavy (non-hydrogen) atoms. The number of rotatable bonds is 4. The Morgan fingerprint density at radius 1 is 1.61 bits per heavy atom. The van der Waals surface area contributed by atoms with E-state index < -0.39 is 0 Å². The van der Waals surface area contributed by atoms with Crippen molar-refractivity contribution in [2.75, 3.05) is 11.9 Å². The van der Waals surface area contributed by atoms with Gasteiger partial charge in [-0.25, -0.2) is 0 Å². The number of ether oxygens (including phenoxy) is 1. The summed E-state index contributed by atoms with van der Waals surface area (Å²) in [5.74, 6) is 0. The highest BCUT2D eigenvalue weighted by Gasteiger charge is 2.39. The van der Waals surface area contributed by atoms with Crippen LogP contribution in [0.1, 0.15) is 18.9 Å². The van der Waals surface area contributed by atoms with Crippen molar-refractivity contribution in [2.45, 2.75) is 31.5 Å². The van der Waals surface area contributed by atoms with Gasteiger partial charge in [-0.15, -0.1) is 0 Å². The lowest BCUT2D eigenvalue weighted by atomic mass is 9.83. The SMILES string of the molecule is CCOC1CC(N)C1Nc1ccc(C#N)c(Br)c1. The molecule has 1 aliphatic rings. The molecule has 0 saturated heterocycles. The molecule has 1 aromatic rings. The molecule has 0 aliphatic heterocycles. The van der Waals surface area contributed by atoms with Crippen LogP contribution in [0, 0.1) is 11.3 Å². The number of nitrogens with one attached hydrogen (secondary N) is 1. The normalized spacial score (nSPS) is 26.2. The van der Waals surface area contributed by atoms with Crippen molar-refractivity contribution in [1.29, 1.82) is 5.26 Å². The number of nitrogens with zero attached hydrogens (tertiary/aromatic N) is 1. The molecule has 4 nitrogen and oxygen atoms in total. The summed E-state index contributed by atoms with van der Waals surface area (Å²) < 4.78 is 6.39. The zero-order chi connectivity index (χ0) is 13.1. The maximum absolute atomic E-state index is 8.86. The summed E-state index contributed by atoms with van der Waals surface area (Å²) in [6.45, 7) is 2.69. The Balaban J connectivity index is 2.05. The van der Waals surface area contributed by atoms with Crippen LogP contribution in [0.5, 0.6) is 0 Å². The van der Waals surface area contributed by atoms with Crippen molar-refractivity contribution in [1.82, 2.24) is 0 Å². The Bertz CT molecular complexity index is 470. The van der Waals surface area contributed by atoms with Gasteiger partial charge in [-0.2, -0.15) is 5.26 Å². The van der Waals surface area contributed by atoms with E-state index in [1.54, 1.807) is 6.07 Å². The smallest absolute Gasteiger partial charge is 0.100 e. The lowest BCUT2D eigenvalue weighted by molar-refractivity contribution is -0.0126. The fraction of sp³-hybridized carbons (Fsp3) is 0.462. The predicted molar refractivity (Wildman–Crippen MR) is 74.3 cm³/mol. The first-order chi connectivity index (χ1) is 8.65. The largest absolute Gasteiger partial charge is 0.378 e. The summed E-state index contributed by atoms with van der Waals surface area (Å²) in [7, 11) is 0. The lowest BCUT2D eigenvalue weighted by Gasteiger charge is -2.43. The van der Waals surface area contributed by atoms with Crippen LogP contribution >= 0.6 is 15.9 Å². The van der Waals surface area contributed by atoms with E-state index in [0.717, 1.165) is 16.6 Å². The molecule has 2 rings (SSSR count). The van der Waals surface area contributed by atoms with Gasteiger partial charge < -0.3 is 15.8 Å². The van der Waals surface area contributed by atoms with Crippen LogP contribution in [0.3, 0.4) is 0 Å². The van der Waals surface area contributed by atoms with Gasteiger partial charge in [0, 0.05) is 22.8 Å². The maximum Gasteiger partial charge on any atom is 0.100 e. The summed E-state index contributed by atoms with van der Waals surface area (Å²) in [5, 5.41) is 12.2. The number of benzene rings is 1. The Morgan fingerprint density at radius 3 is 2.94 bits per heavy atom. The Morgan fingerprint density at radius 2 is 2.39 bits per heavy atom. The van der Waals surface area contributed by atoms with Crippen LogP contribution in [0.25, 0.3) is 0 Å². The minimum atomic E-state index is 0.121. The van der Waals surface area contributed by atoms with E-state index in [9.17, 15) is 0 Å². The minimum Gasteiger partial charge on any atom is -0.378 e. The predicted octanol–water partition coefficient (Wildman–Crippen LogP) is 2.24. The number of hydrogen-bond donors (Lipinski definition) is 2. The highest BCUT2D eigenvalue weighted by Crippen LogP contribution is 2.28. The minimum absolute atomic E-state index is 0.121. The topological polar surface area (TPSA) is 71.1 Å². The Labute approximate surface area is 115 Å². The van der Waals surface area contributed by atoms with Gasteiger partial charge in [-0.05, 0) is 47.5 Å². The third-order valence-electron chi connectivity index (χ3n) is 3.17. The molecular formula is C13H16BrN3O. The van der Waals surface area contributed by atoms with Crippen LogP contribution < -0.4 is 11.1 Å². The quantitative estimate of drug-likeness (QED) is 0.895. The first-order valence-electron chi connectivity index (χ1n) is 5.99. The third-order valence-corrected chi connectivity index (χ3v) is 3.83. The molecule has 1 aromatic carbocycles. The van der Waals surface area contributed by atoms with Crippen molar-refractivity contribution in [3.05, 3.63) is 28.2 Å². The molecule has 1 fully saturated rings. The van der Waals surface area contributed by atoms with Crippen molar-refractivity contribution < 1.29 is 4.74 Å². The molecule has 96 valence electrons. The fourth-order valence-corrected chi connectivity index (χ4v) is 2.58. The second-order valence-electron chi connectivity index (χ2n) is 4.37. The zero-order valence-corrected chi connectivity index (χ0v) is 11.8. The van der Waals surface area contributed by atoms with Gasteiger partial charge in [0.1, 0.15) is 6.07 Å². The molecule has 0 radical (unpaired) electrons. The molecular weight excluding hydrogens is 294 g/mol. The number of nitriles is 1. The maximum atomic E-state index is 8.86. The molecule has 3 atom stereocenters. The standard InChI is InChI=1S/C13H16BrN3O/c1-2-18-12-6-11(16)13(12)17-9-4-3-8(7-15)10(14)5-9/h3-5,11-13,17H,2,6,16H2,1H3. The van der Waals surface area contributed by atoms with Crippen molar-refractivity contribution in [3.8, 4) is 6.07 Å². The van der Waals surface area contributed by atoms with Crippen LogP contribution in [0.2, 0.25) is 0 Å². The molecule has 5 heteroatoms. The van der Waals surface area contributed by atoms with Gasteiger partial charge in [0.2, 0.25) is 0 Å². The van der Waals surface area contributed by atoms with Crippen molar-refractivity contribution in [3.63, 3.8) is 0 Å². The molecule has 0 heterocycles. The number of anilines is 1. The Hall–Kier alpha value is -1.09. The highest BCUT2D eigenvalue weighted by atomic mass is 79.9. The molecule has 1 saturated carbocycles. The van der Waals surface area contributed by atoms with E-state index in [1.807, 2.05) is 19.1 Å². The third kappa shape index (κ3) is 2.66. The molecule has 0 bridgehead atoms. The number of nitrogens with two attached hydrogens (primary N) is 1. The van der Waals surface area contributed by atoms with E-state index in [1.165, 1.54) is 0 Å².